The van der Waals surface area contributed by atoms with Crippen LogP contribution in [0.5, 0.6) is 5.75 Å². The maximum atomic E-state index is 12.3. The van der Waals surface area contributed by atoms with Crippen LogP contribution in [0, 0.1) is 13.8 Å². The van der Waals surface area contributed by atoms with E-state index < -0.39 is 12.0 Å². The van der Waals surface area contributed by atoms with Gasteiger partial charge in [-0.1, -0.05) is 0 Å². The second-order valence-electron chi connectivity index (χ2n) is 4.43. The number of hydrogen-bond donors (Lipinski definition) is 0. The lowest BCUT2D eigenvalue weighted by Crippen LogP contribution is -2.23. The van der Waals surface area contributed by atoms with E-state index >= 15 is 0 Å². The van der Waals surface area contributed by atoms with Crippen LogP contribution in [-0.4, -0.2) is 18.1 Å². The smallest absolute Gasteiger partial charge is 0.454 e. The summed E-state index contributed by atoms with van der Waals surface area (Å²) in [5.74, 6) is -1.30. The molecule has 100 valence electrons. The number of ether oxygens (including phenoxy) is 1. The van der Waals surface area contributed by atoms with Crippen LogP contribution >= 0.6 is 0 Å². The highest BCUT2D eigenvalue weighted by Crippen LogP contribution is 2.29. The molecule has 0 saturated heterocycles. The molecule has 0 heterocycles. The lowest BCUT2D eigenvalue weighted by atomic mass is 10.0. The third-order valence-electron chi connectivity index (χ3n) is 2.33. The van der Waals surface area contributed by atoms with Gasteiger partial charge in [-0.3, -0.25) is 4.79 Å². The predicted molar refractivity (Wildman–Crippen MR) is 62.1 cm³/mol. The largest absolute Gasteiger partial charge is 0.490 e. The highest BCUT2D eigenvalue weighted by Gasteiger charge is 2.39. The fraction of sp³-hybridized carbons (Fsp3) is 0.462. The monoisotopic (exact) mass is 260 g/mol. The molecule has 0 aliphatic carbocycles. The Bertz CT molecular complexity index is 439. The van der Waals surface area contributed by atoms with Crippen molar-refractivity contribution in [1.82, 2.24) is 0 Å². The van der Waals surface area contributed by atoms with Crippen molar-refractivity contribution in [2.75, 3.05) is 0 Å². The highest BCUT2D eigenvalue weighted by atomic mass is 19.4. The molecule has 5 heteroatoms. The number of carbonyl (C=O) groups excluding carboxylic acids is 1. The molecule has 0 radical (unpaired) electrons. The minimum absolute atomic E-state index is 0.0773. The molecule has 0 fully saturated rings. The van der Waals surface area contributed by atoms with E-state index in [9.17, 15) is 18.0 Å². The Kier molecular flexibility index (Phi) is 4.04. The second kappa shape index (κ2) is 5.00. The zero-order valence-electron chi connectivity index (χ0n) is 10.7. The molecule has 0 bridgehead atoms. The molecular formula is C13H15F3O2. The number of aryl methyl sites for hydroxylation is 2. The van der Waals surface area contributed by atoms with Gasteiger partial charge >= 0.3 is 6.18 Å². The molecule has 1 aromatic rings. The molecule has 0 saturated carbocycles. The number of alkyl halides is 3. The Labute approximate surface area is 104 Å². The van der Waals surface area contributed by atoms with Gasteiger partial charge in [0, 0.05) is 5.56 Å². The maximum absolute atomic E-state index is 12.3. The fourth-order valence-electron chi connectivity index (χ4n) is 1.67. The van der Waals surface area contributed by atoms with Crippen molar-refractivity contribution in [3.63, 3.8) is 0 Å². The minimum atomic E-state index is -4.85. The highest BCUT2D eigenvalue weighted by molar-refractivity contribution is 6.00. The van der Waals surface area contributed by atoms with Crippen LogP contribution in [0.25, 0.3) is 0 Å². The first-order valence-corrected chi connectivity index (χ1v) is 5.52. The van der Waals surface area contributed by atoms with Crippen LogP contribution in [0.4, 0.5) is 13.2 Å². The van der Waals surface area contributed by atoms with Gasteiger partial charge in [-0.25, -0.2) is 0 Å². The van der Waals surface area contributed by atoms with E-state index in [-0.39, 0.29) is 11.7 Å². The molecule has 18 heavy (non-hydrogen) atoms. The molecule has 0 unspecified atom stereocenters. The van der Waals surface area contributed by atoms with Crippen molar-refractivity contribution in [3.8, 4) is 5.75 Å². The van der Waals surface area contributed by atoms with Crippen molar-refractivity contribution in [2.24, 2.45) is 0 Å². The Balaban J connectivity index is 3.19. The Morgan fingerprint density at radius 3 is 1.94 bits per heavy atom. The summed E-state index contributed by atoms with van der Waals surface area (Å²) in [6, 6.07) is 2.42. The molecule has 0 amide bonds. The summed E-state index contributed by atoms with van der Waals surface area (Å²) in [6.45, 7) is 6.90. The van der Waals surface area contributed by atoms with Gasteiger partial charge in [0.25, 0.3) is 5.78 Å². The van der Waals surface area contributed by atoms with Crippen LogP contribution in [0.15, 0.2) is 12.1 Å². The van der Waals surface area contributed by atoms with E-state index in [1.54, 1.807) is 13.8 Å². The van der Waals surface area contributed by atoms with Gasteiger partial charge in [-0.05, 0) is 51.0 Å². The lowest BCUT2D eigenvalue weighted by molar-refractivity contribution is -0.0885. The van der Waals surface area contributed by atoms with Gasteiger partial charge < -0.3 is 4.74 Å². The standard InChI is InChI=1S/C13H15F3O2/c1-7(2)18-11-8(3)5-10(6-9(11)4)12(17)13(14,15)16/h5-7H,1-4H3. The van der Waals surface area contributed by atoms with Crippen molar-refractivity contribution in [2.45, 2.75) is 40.0 Å². The van der Waals surface area contributed by atoms with Crippen molar-refractivity contribution in [1.29, 1.82) is 0 Å². The molecule has 0 spiro atoms. The summed E-state index contributed by atoms with van der Waals surface area (Å²) in [5, 5.41) is 0. The summed E-state index contributed by atoms with van der Waals surface area (Å²) in [5.41, 5.74) is 0.696. The molecule has 0 aromatic heterocycles. The number of Topliss-reactive ketones (excluding diaryl/α,β-unsaturated/α-hetero) is 1. The quantitative estimate of drug-likeness (QED) is 0.772. The molecule has 1 rings (SSSR count). The first-order chi connectivity index (χ1) is 8.12. The normalized spacial score (nSPS) is 11.8. The first kappa shape index (κ1) is 14.5. The van der Waals surface area contributed by atoms with Crippen LogP contribution < -0.4 is 4.74 Å². The number of ketones is 1. The topological polar surface area (TPSA) is 26.3 Å². The average Bonchev–Trinajstić information content (AvgIpc) is 2.20. The van der Waals surface area contributed by atoms with Crippen LogP contribution in [0.2, 0.25) is 0 Å². The van der Waals surface area contributed by atoms with E-state index in [1.807, 2.05) is 13.8 Å². The van der Waals surface area contributed by atoms with E-state index in [1.165, 1.54) is 12.1 Å². The molecule has 2 nitrogen and oxygen atoms in total. The molecule has 0 atom stereocenters. The zero-order valence-corrected chi connectivity index (χ0v) is 10.7. The number of carbonyl (C=O) groups is 1. The Morgan fingerprint density at radius 2 is 1.61 bits per heavy atom. The maximum Gasteiger partial charge on any atom is 0.454 e. The van der Waals surface area contributed by atoms with Crippen LogP contribution in [0.3, 0.4) is 0 Å². The minimum Gasteiger partial charge on any atom is -0.490 e. The van der Waals surface area contributed by atoms with Crippen LogP contribution in [0.1, 0.15) is 35.3 Å². The number of benzene rings is 1. The summed E-state index contributed by atoms with van der Waals surface area (Å²) >= 11 is 0. The molecule has 0 aliphatic heterocycles. The van der Waals surface area contributed by atoms with Crippen molar-refractivity contribution >= 4 is 5.78 Å². The first-order valence-electron chi connectivity index (χ1n) is 5.52. The SMILES string of the molecule is Cc1cc(C(=O)C(F)(F)F)cc(C)c1OC(C)C. The van der Waals surface area contributed by atoms with Gasteiger partial charge in [0.15, 0.2) is 0 Å². The van der Waals surface area contributed by atoms with E-state index in [0.717, 1.165) is 0 Å². The van der Waals surface area contributed by atoms with E-state index in [4.69, 9.17) is 4.74 Å². The van der Waals surface area contributed by atoms with Gasteiger partial charge in [-0.2, -0.15) is 13.2 Å². The Hall–Kier alpha value is -1.52. The van der Waals surface area contributed by atoms with Crippen LogP contribution in [-0.2, 0) is 0 Å². The van der Waals surface area contributed by atoms with Crippen molar-refractivity contribution < 1.29 is 22.7 Å². The van der Waals surface area contributed by atoms with Gasteiger partial charge in [-0.15, -0.1) is 0 Å². The fourth-order valence-corrected chi connectivity index (χ4v) is 1.67. The Morgan fingerprint density at radius 1 is 1.17 bits per heavy atom. The third-order valence-corrected chi connectivity index (χ3v) is 2.33. The van der Waals surface area contributed by atoms with Gasteiger partial charge in [0.2, 0.25) is 0 Å². The molecular weight excluding hydrogens is 245 g/mol. The number of hydrogen-bond acceptors (Lipinski definition) is 2. The average molecular weight is 260 g/mol. The third kappa shape index (κ3) is 3.24. The van der Waals surface area contributed by atoms with Gasteiger partial charge in [0.1, 0.15) is 5.75 Å². The van der Waals surface area contributed by atoms with Gasteiger partial charge in [0.05, 0.1) is 6.10 Å². The summed E-state index contributed by atoms with van der Waals surface area (Å²) in [4.78, 5) is 11.1. The second-order valence-corrected chi connectivity index (χ2v) is 4.43. The molecule has 0 N–H and O–H groups in total. The summed E-state index contributed by atoms with van der Waals surface area (Å²) in [6.07, 6.45) is -4.93. The van der Waals surface area contributed by atoms with E-state index in [0.29, 0.717) is 16.9 Å². The lowest BCUT2D eigenvalue weighted by Gasteiger charge is -2.16. The number of rotatable bonds is 3. The number of halogens is 3. The molecule has 1 aromatic carbocycles. The summed E-state index contributed by atoms with van der Waals surface area (Å²) < 4.78 is 42.5. The van der Waals surface area contributed by atoms with E-state index in [2.05, 4.69) is 0 Å². The zero-order chi connectivity index (χ0) is 14.1. The predicted octanol–water partition coefficient (Wildman–Crippen LogP) is 3.84. The molecule has 0 aliphatic rings. The summed E-state index contributed by atoms with van der Waals surface area (Å²) in [7, 11) is 0. The van der Waals surface area contributed by atoms with Crippen molar-refractivity contribution in [3.05, 3.63) is 28.8 Å².